The van der Waals surface area contributed by atoms with Gasteiger partial charge in [0.05, 0.1) is 18.4 Å². The highest BCUT2D eigenvalue weighted by atomic mass is 35.5. The van der Waals surface area contributed by atoms with E-state index in [0.717, 1.165) is 11.4 Å². The zero-order valence-electron chi connectivity index (χ0n) is 15.6. The van der Waals surface area contributed by atoms with Crippen LogP contribution in [0.1, 0.15) is 27.3 Å². The van der Waals surface area contributed by atoms with Crippen LogP contribution in [0.3, 0.4) is 0 Å². The number of hydrogen-bond donors (Lipinski definition) is 2. The molecule has 0 amide bonds. The highest BCUT2D eigenvalue weighted by Crippen LogP contribution is 2.27. The van der Waals surface area contributed by atoms with Gasteiger partial charge in [0.1, 0.15) is 5.15 Å². The molecule has 0 spiro atoms. The van der Waals surface area contributed by atoms with Gasteiger partial charge in [-0.15, -0.1) is 0 Å². The molecule has 3 heterocycles. The third kappa shape index (κ3) is 3.76. The first kappa shape index (κ1) is 19.6. The summed E-state index contributed by atoms with van der Waals surface area (Å²) >= 11 is 11.7. The molecule has 1 aliphatic heterocycles. The molecule has 3 aromatic rings. The molecule has 10 heteroatoms. The Morgan fingerprint density at radius 2 is 2.07 bits per heavy atom. The zero-order valence-corrected chi connectivity index (χ0v) is 17.1. The summed E-state index contributed by atoms with van der Waals surface area (Å²) < 4.78 is 6.74. The number of hydrogen-bond acceptors (Lipinski definition) is 6. The zero-order chi connectivity index (χ0) is 20.5. The Morgan fingerprint density at radius 1 is 1.31 bits per heavy atom. The summed E-state index contributed by atoms with van der Waals surface area (Å²) in [5.41, 5.74) is 2.74. The topological polar surface area (TPSA) is 96.0 Å². The van der Waals surface area contributed by atoms with E-state index in [4.69, 9.17) is 28.6 Å². The molecule has 1 aromatic carbocycles. The average Bonchev–Trinajstić information content (AvgIpc) is 3.05. The third-order valence-electron chi connectivity index (χ3n) is 4.87. The van der Waals surface area contributed by atoms with E-state index in [9.17, 15) is 9.59 Å². The SMILES string of the molecule is COC(=O)c1nn(-c2ccccc2)c(Cl)c1CN1CCc2[nH]c(=S)[nH]c(=O)c2C1. The van der Waals surface area contributed by atoms with E-state index in [1.165, 1.54) is 11.8 Å². The summed E-state index contributed by atoms with van der Waals surface area (Å²) in [6.45, 7) is 1.43. The smallest absolute Gasteiger partial charge is 0.358 e. The molecule has 1 aliphatic rings. The number of fused-ring (bicyclic) bond motifs is 1. The fourth-order valence-corrected chi connectivity index (χ4v) is 3.94. The lowest BCUT2D eigenvalue weighted by atomic mass is 10.1. The Labute approximate surface area is 176 Å². The van der Waals surface area contributed by atoms with Gasteiger partial charge in [0.15, 0.2) is 10.5 Å². The maximum Gasteiger partial charge on any atom is 0.358 e. The van der Waals surface area contributed by atoms with Crippen molar-refractivity contribution in [3.63, 3.8) is 0 Å². The van der Waals surface area contributed by atoms with Gasteiger partial charge in [0.2, 0.25) is 0 Å². The molecule has 0 unspecified atom stereocenters. The molecule has 29 heavy (non-hydrogen) atoms. The van der Waals surface area contributed by atoms with E-state index in [1.54, 1.807) is 0 Å². The van der Waals surface area contributed by atoms with Crippen molar-refractivity contribution in [3.8, 4) is 5.69 Å². The first-order valence-corrected chi connectivity index (χ1v) is 9.74. The van der Waals surface area contributed by atoms with Gasteiger partial charge < -0.3 is 9.72 Å². The lowest BCUT2D eigenvalue weighted by Gasteiger charge is -2.27. The second-order valence-electron chi connectivity index (χ2n) is 6.68. The van der Waals surface area contributed by atoms with Crippen molar-refractivity contribution in [1.29, 1.82) is 0 Å². The van der Waals surface area contributed by atoms with Crippen LogP contribution in [0.4, 0.5) is 0 Å². The minimum Gasteiger partial charge on any atom is -0.464 e. The fourth-order valence-electron chi connectivity index (χ4n) is 3.44. The van der Waals surface area contributed by atoms with E-state index >= 15 is 0 Å². The maximum absolute atomic E-state index is 12.3. The number of nitrogens with one attached hydrogen (secondary N) is 2. The highest BCUT2D eigenvalue weighted by Gasteiger charge is 2.27. The number of H-pyrrole nitrogens is 2. The number of nitrogens with zero attached hydrogens (tertiary/aromatic N) is 3. The van der Waals surface area contributed by atoms with Crippen molar-refractivity contribution < 1.29 is 9.53 Å². The van der Waals surface area contributed by atoms with E-state index in [-0.39, 0.29) is 11.3 Å². The standard InChI is InChI=1S/C19H18ClN5O3S/c1-28-18(27)15-13(16(20)25(23-15)11-5-3-2-4-6-11)10-24-8-7-14-12(9-24)17(26)22-19(29)21-14/h2-6H,7-10H2,1H3,(H2,21,22,26,29). The number of methoxy groups -OCH3 is 1. The second kappa shape index (κ2) is 7.94. The van der Waals surface area contributed by atoms with Crippen molar-refractivity contribution in [2.45, 2.75) is 19.5 Å². The Balaban J connectivity index is 1.70. The lowest BCUT2D eigenvalue weighted by molar-refractivity contribution is 0.0591. The van der Waals surface area contributed by atoms with E-state index in [1.807, 2.05) is 35.2 Å². The Bertz CT molecular complexity index is 1180. The summed E-state index contributed by atoms with van der Waals surface area (Å²) in [6, 6.07) is 9.31. The summed E-state index contributed by atoms with van der Waals surface area (Å²) in [5, 5.41) is 4.72. The molecule has 0 atom stereocenters. The molecule has 0 fully saturated rings. The second-order valence-corrected chi connectivity index (χ2v) is 7.45. The van der Waals surface area contributed by atoms with Gasteiger partial charge in [-0.05, 0) is 24.4 Å². The minimum absolute atomic E-state index is 0.161. The lowest BCUT2D eigenvalue weighted by Crippen LogP contribution is -2.35. The molecule has 0 saturated heterocycles. The van der Waals surface area contributed by atoms with Gasteiger partial charge in [-0.2, -0.15) is 5.10 Å². The van der Waals surface area contributed by atoms with E-state index in [0.29, 0.717) is 47.1 Å². The van der Waals surface area contributed by atoms with Crippen LogP contribution >= 0.6 is 23.8 Å². The number of aromatic nitrogens is 4. The Hall–Kier alpha value is -2.75. The number of carbonyl (C=O) groups excluding carboxylic acids is 1. The first-order valence-electron chi connectivity index (χ1n) is 8.95. The molecule has 2 aromatic heterocycles. The molecular formula is C19H18ClN5O3S. The monoisotopic (exact) mass is 431 g/mol. The van der Waals surface area contributed by atoms with Crippen LogP contribution in [0.2, 0.25) is 5.15 Å². The predicted molar refractivity (Wildman–Crippen MR) is 110 cm³/mol. The van der Waals surface area contributed by atoms with Gasteiger partial charge in [-0.3, -0.25) is 14.7 Å². The molecule has 2 N–H and O–H groups in total. The summed E-state index contributed by atoms with van der Waals surface area (Å²) in [7, 11) is 1.31. The molecular weight excluding hydrogens is 414 g/mol. The number of rotatable bonds is 4. The van der Waals surface area contributed by atoms with Gasteiger partial charge in [0.25, 0.3) is 5.56 Å². The number of benzene rings is 1. The van der Waals surface area contributed by atoms with Crippen molar-refractivity contribution >= 4 is 29.8 Å². The third-order valence-corrected chi connectivity index (χ3v) is 5.46. The average molecular weight is 432 g/mol. The van der Waals surface area contributed by atoms with Crippen LogP contribution < -0.4 is 5.56 Å². The molecule has 8 nitrogen and oxygen atoms in total. The number of carbonyl (C=O) groups is 1. The maximum atomic E-state index is 12.3. The van der Waals surface area contributed by atoms with E-state index < -0.39 is 5.97 Å². The van der Waals surface area contributed by atoms with Crippen molar-refractivity contribution in [1.82, 2.24) is 24.6 Å². The summed E-state index contributed by atoms with van der Waals surface area (Å²) in [6.07, 6.45) is 0.640. The number of aromatic amines is 2. The predicted octanol–water partition coefficient (Wildman–Crippen LogP) is 2.62. The molecule has 0 saturated carbocycles. The Morgan fingerprint density at radius 3 is 2.79 bits per heavy atom. The quantitative estimate of drug-likeness (QED) is 0.487. The number of esters is 1. The summed E-state index contributed by atoms with van der Waals surface area (Å²) in [4.78, 5) is 32.3. The highest BCUT2D eigenvalue weighted by molar-refractivity contribution is 7.71. The molecule has 0 radical (unpaired) electrons. The van der Waals surface area contributed by atoms with Crippen LogP contribution in [0.15, 0.2) is 35.1 Å². The molecule has 0 aliphatic carbocycles. The van der Waals surface area contributed by atoms with Crippen molar-refractivity contribution in [2.75, 3.05) is 13.7 Å². The van der Waals surface area contributed by atoms with Crippen molar-refractivity contribution in [2.24, 2.45) is 0 Å². The molecule has 0 bridgehead atoms. The number of para-hydroxylation sites is 1. The van der Waals surface area contributed by atoms with Crippen LogP contribution in [0.5, 0.6) is 0 Å². The Kier molecular flexibility index (Phi) is 5.35. The minimum atomic E-state index is -0.559. The summed E-state index contributed by atoms with van der Waals surface area (Å²) in [5.74, 6) is -0.559. The van der Waals surface area contributed by atoms with E-state index in [2.05, 4.69) is 15.1 Å². The van der Waals surface area contributed by atoms with Gasteiger partial charge in [0, 0.05) is 37.3 Å². The van der Waals surface area contributed by atoms with Gasteiger partial charge in [-0.1, -0.05) is 29.8 Å². The van der Waals surface area contributed by atoms with Gasteiger partial charge in [-0.25, -0.2) is 9.48 Å². The van der Waals surface area contributed by atoms with Gasteiger partial charge >= 0.3 is 5.97 Å². The first-order chi connectivity index (χ1) is 14.0. The van der Waals surface area contributed by atoms with Crippen LogP contribution in [0.25, 0.3) is 5.69 Å². The molecule has 150 valence electrons. The van der Waals surface area contributed by atoms with Crippen LogP contribution in [-0.2, 0) is 24.2 Å². The van der Waals surface area contributed by atoms with Crippen LogP contribution in [-0.4, -0.2) is 44.3 Å². The molecule has 4 rings (SSSR count). The fraction of sp³-hybridized carbons (Fsp3) is 0.263. The number of ether oxygens (including phenoxy) is 1. The van der Waals surface area contributed by atoms with Crippen molar-refractivity contribution in [3.05, 3.63) is 73.1 Å². The number of halogens is 1. The van der Waals surface area contributed by atoms with Crippen LogP contribution in [0, 0.1) is 4.77 Å². The largest absolute Gasteiger partial charge is 0.464 e. The normalized spacial score (nSPS) is 13.9.